The SMILES string of the molecule is CCCCC/C(=C\C/C=C(\CCCCCCC[C]=O)[N+](=O)[O-])[N+](=O)[O-]. The molecule has 0 aliphatic rings. The number of nitro groups is 2. The van der Waals surface area contributed by atoms with Crippen LogP contribution in [0, 0.1) is 20.2 Å². The topological polar surface area (TPSA) is 103 Å². The van der Waals surface area contributed by atoms with Gasteiger partial charge in [-0.05, 0) is 37.8 Å². The molecule has 0 amide bonds. The van der Waals surface area contributed by atoms with Gasteiger partial charge in [0.05, 0.1) is 9.85 Å². The molecule has 7 nitrogen and oxygen atoms in total. The maximum absolute atomic E-state index is 11.1. The Morgan fingerprint density at radius 3 is 1.80 bits per heavy atom. The van der Waals surface area contributed by atoms with Gasteiger partial charge < -0.3 is 0 Å². The van der Waals surface area contributed by atoms with Crippen molar-refractivity contribution in [3.8, 4) is 0 Å². The first-order valence-electron chi connectivity index (χ1n) is 9.04. The summed E-state index contributed by atoms with van der Waals surface area (Å²) in [7, 11) is 0. The van der Waals surface area contributed by atoms with Gasteiger partial charge in [-0.25, -0.2) is 0 Å². The number of hydrogen-bond acceptors (Lipinski definition) is 5. The fourth-order valence-electron chi connectivity index (χ4n) is 2.46. The molecule has 0 aromatic carbocycles. The second-order valence-corrected chi connectivity index (χ2v) is 6.01. The molecule has 0 bridgehead atoms. The van der Waals surface area contributed by atoms with Crippen LogP contribution in [0.15, 0.2) is 23.5 Å². The fraction of sp³-hybridized carbons (Fsp3) is 0.722. The summed E-state index contributed by atoms with van der Waals surface area (Å²) >= 11 is 0. The highest BCUT2D eigenvalue weighted by Crippen LogP contribution is 2.15. The molecule has 0 N–H and O–H groups in total. The second-order valence-electron chi connectivity index (χ2n) is 6.01. The summed E-state index contributed by atoms with van der Waals surface area (Å²) in [5.74, 6) is 0. The van der Waals surface area contributed by atoms with E-state index in [-0.39, 0.29) is 17.8 Å². The van der Waals surface area contributed by atoms with E-state index in [1.54, 1.807) is 0 Å². The Hall–Kier alpha value is -2.05. The molecule has 0 aromatic heterocycles. The standard InChI is InChI=1S/C18H29N2O5/c1-2-3-8-12-17(19(22)23)14-11-15-18(20(24)25)13-9-6-4-5-7-10-16-21/h14-15H,2-13H2,1H3/b17-14+,18-15+. The zero-order valence-corrected chi connectivity index (χ0v) is 15.1. The molecule has 0 saturated carbocycles. The lowest BCUT2D eigenvalue weighted by atomic mass is 10.1. The molecule has 0 fully saturated rings. The van der Waals surface area contributed by atoms with Crippen molar-refractivity contribution in [1.29, 1.82) is 0 Å². The number of hydrogen-bond donors (Lipinski definition) is 0. The van der Waals surface area contributed by atoms with Gasteiger partial charge >= 0.3 is 0 Å². The zero-order chi connectivity index (χ0) is 18.9. The summed E-state index contributed by atoms with van der Waals surface area (Å²) in [5.41, 5.74) is 0.258. The van der Waals surface area contributed by atoms with Crippen LogP contribution in [0.3, 0.4) is 0 Å². The third-order valence-electron chi connectivity index (χ3n) is 3.92. The molecule has 0 atom stereocenters. The highest BCUT2D eigenvalue weighted by Gasteiger charge is 2.12. The zero-order valence-electron chi connectivity index (χ0n) is 15.1. The van der Waals surface area contributed by atoms with Gasteiger partial charge in [0.1, 0.15) is 0 Å². The van der Waals surface area contributed by atoms with Gasteiger partial charge in [0.25, 0.3) is 0 Å². The van der Waals surface area contributed by atoms with Gasteiger partial charge in [-0.2, -0.15) is 0 Å². The molecule has 141 valence electrons. The lowest BCUT2D eigenvalue weighted by molar-refractivity contribution is -0.429. The van der Waals surface area contributed by atoms with E-state index in [2.05, 4.69) is 0 Å². The highest BCUT2D eigenvalue weighted by atomic mass is 16.6. The van der Waals surface area contributed by atoms with E-state index in [1.807, 2.05) is 13.2 Å². The molecular formula is C18H29N2O5. The summed E-state index contributed by atoms with van der Waals surface area (Å²) < 4.78 is 0. The van der Waals surface area contributed by atoms with Crippen LogP contribution in [0.2, 0.25) is 0 Å². The van der Waals surface area contributed by atoms with E-state index < -0.39 is 9.85 Å². The average Bonchev–Trinajstić information content (AvgIpc) is 2.57. The van der Waals surface area contributed by atoms with Crippen molar-refractivity contribution in [2.45, 2.75) is 84.0 Å². The predicted octanol–water partition coefficient (Wildman–Crippen LogP) is 5.12. The van der Waals surface area contributed by atoms with E-state index in [4.69, 9.17) is 0 Å². The Morgan fingerprint density at radius 1 is 0.840 bits per heavy atom. The molecule has 0 spiro atoms. The second kappa shape index (κ2) is 15.5. The number of rotatable bonds is 16. The summed E-state index contributed by atoms with van der Waals surface area (Å²) in [5, 5.41) is 22.0. The first-order valence-corrected chi connectivity index (χ1v) is 9.04. The summed E-state index contributed by atoms with van der Waals surface area (Å²) in [6.45, 7) is 2.03. The van der Waals surface area contributed by atoms with Crippen molar-refractivity contribution in [2.24, 2.45) is 0 Å². The molecule has 0 heterocycles. The van der Waals surface area contributed by atoms with Crippen LogP contribution in [-0.2, 0) is 4.79 Å². The van der Waals surface area contributed by atoms with Gasteiger partial charge in [0.15, 0.2) is 6.29 Å². The number of nitrogens with zero attached hydrogens (tertiary/aromatic N) is 2. The Bertz CT molecular complexity index is 472. The monoisotopic (exact) mass is 353 g/mol. The largest absolute Gasteiger partial charge is 0.291 e. The molecule has 0 aliphatic heterocycles. The van der Waals surface area contributed by atoms with E-state index >= 15 is 0 Å². The van der Waals surface area contributed by atoms with Crippen LogP contribution in [-0.4, -0.2) is 16.1 Å². The van der Waals surface area contributed by atoms with E-state index in [1.165, 1.54) is 12.2 Å². The minimum Gasteiger partial charge on any atom is -0.291 e. The van der Waals surface area contributed by atoms with E-state index in [9.17, 15) is 25.0 Å². The lowest BCUT2D eigenvalue weighted by Gasteiger charge is -2.00. The first kappa shape index (κ1) is 22.9. The molecule has 1 radical (unpaired) electrons. The van der Waals surface area contributed by atoms with Crippen LogP contribution >= 0.6 is 0 Å². The first-order chi connectivity index (χ1) is 12.0. The van der Waals surface area contributed by atoms with Gasteiger partial charge in [-0.3, -0.25) is 25.0 Å². The Morgan fingerprint density at radius 2 is 1.32 bits per heavy atom. The third-order valence-corrected chi connectivity index (χ3v) is 3.92. The van der Waals surface area contributed by atoms with E-state index in [0.29, 0.717) is 25.7 Å². The van der Waals surface area contributed by atoms with Crippen LogP contribution < -0.4 is 0 Å². The normalized spacial score (nSPS) is 12.2. The highest BCUT2D eigenvalue weighted by molar-refractivity contribution is 5.50. The van der Waals surface area contributed by atoms with Gasteiger partial charge in [0.2, 0.25) is 11.4 Å². The Balaban J connectivity index is 4.35. The van der Waals surface area contributed by atoms with Gasteiger partial charge in [-0.15, -0.1) is 0 Å². The number of unbranched alkanes of at least 4 members (excludes halogenated alkanes) is 7. The van der Waals surface area contributed by atoms with Crippen LogP contribution in [0.5, 0.6) is 0 Å². The molecule has 0 rings (SSSR count). The quantitative estimate of drug-likeness (QED) is 0.218. The van der Waals surface area contributed by atoms with Crippen molar-refractivity contribution >= 4 is 6.29 Å². The van der Waals surface area contributed by atoms with E-state index in [0.717, 1.165) is 44.9 Å². The average molecular weight is 353 g/mol. The van der Waals surface area contributed by atoms with Crippen LogP contribution in [0.4, 0.5) is 0 Å². The summed E-state index contributed by atoms with van der Waals surface area (Å²) in [6, 6.07) is 0. The fourth-order valence-corrected chi connectivity index (χ4v) is 2.46. The number of carbonyl (C=O) groups excluding carboxylic acids is 1. The van der Waals surface area contributed by atoms with Crippen molar-refractivity contribution in [2.75, 3.05) is 0 Å². The minimum atomic E-state index is -0.405. The van der Waals surface area contributed by atoms with Crippen LogP contribution in [0.1, 0.15) is 84.0 Å². The minimum absolute atomic E-state index is 0.119. The van der Waals surface area contributed by atoms with Crippen molar-refractivity contribution in [1.82, 2.24) is 0 Å². The maximum atomic E-state index is 11.1. The lowest BCUT2D eigenvalue weighted by Crippen LogP contribution is -2.00. The smallest absolute Gasteiger partial charge is 0.242 e. The Kier molecular flexibility index (Phi) is 14.2. The molecule has 7 heteroatoms. The predicted molar refractivity (Wildman–Crippen MR) is 96.9 cm³/mol. The van der Waals surface area contributed by atoms with Crippen molar-refractivity contribution in [3.05, 3.63) is 43.8 Å². The summed E-state index contributed by atoms with van der Waals surface area (Å²) in [6.07, 6.45) is 13.2. The molecule has 0 aromatic rings. The maximum Gasteiger partial charge on any atom is 0.242 e. The third kappa shape index (κ3) is 13.0. The molecule has 25 heavy (non-hydrogen) atoms. The van der Waals surface area contributed by atoms with Crippen LogP contribution in [0.25, 0.3) is 0 Å². The molecule has 0 aliphatic carbocycles. The molecule has 0 unspecified atom stereocenters. The van der Waals surface area contributed by atoms with Crippen molar-refractivity contribution in [3.63, 3.8) is 0 Å². The van der Waals surface area contributed by atoms with Gasteiger partial charge in [-0.1, -0.05) is 39.0 Å². The Labute approximate surface area is 149 Å². The van der Waals surface area contributed by atoms with Crippen molar-refractivity contribution < 1.29 is 14.6 Å². The summed E-state index contributed by atoms with van der Waals surface area (Å²) in [4.78, 5) is 31.3. The van der Waals surface area contributed by atoms with Gasteiger partial charge in [0, 0.05) is 19.3 Å². The molecule has 0 saturated heterocycles. The molecular weight excluding hydrogens is 324 g/mol. The number of allylic oxidation sites excluding steroid dienone is 4.